The molecule has 0 bridgehead atoms. The molecule has 2 heterocycles. The topological polar surface area (TPSA) is 48.5 Å². The fourth-order valence-corrected chi connectivity index (χ4v) is 2.78. The van der Waals surface area contributed by atoms with E-state index < -0.39 is 0 Å². The minimum Gasteiger partial charge on any atom is -0.322 e. The maximum atomic E-state index is 12.3. The molecule has 1 saturated heterocycles. The molecular weight excluding hydrogens is 288 g/mol. The zero-order valence-electron chi connectivity index (χ0n) is 13.4. The standard InChI is InChI=1S/C18H22N4O/c1-15-3-2-4-17(13-15)20-18(23)22-11-9-21(10-12-22)14-16-5-7-19-8-6-16/h2-8,13H,9-12,14H2,1H3,(H,20,23). The number of hydrogen-bond acceptors (Lipinski definition) is 3. The normalized spacial score (nSPS) is 15.4. The van der Waals surface area contributed by atoms with Gasteiger partial charge in [-0.1, -0.05) is 12.1 Å². The Hall–Kier alpha value is -2.40. The van der Waals surface area contributed by atoms with Gasteiger partial charge < -0.3 is 10.2 Å². The van der Waals surface area contributed by atoms with Crippen LogP contribution >= 0.6 is 0 Å². The van der Waals surface area contributed by atoms with Crippen LogP contribution in [0, 0.1) is 6.92 Å². The number of pyridine rings is 1. The highest BCUT2D eigenvalue weighted by molar-refractivity contribution is 5.89. The Kier molecular flexibility index (Phi) is 4.88. The van der Waals surface area contributed by atoms with Crippen LogP contribution in [0.4, 0.5) is 10.5 Å². The third-order valence-electron chi connectivity index (χ3n) is 4.08. The van der Waals surface area contributed by atoms with Crippen molar-refractivity contribution >= 4 is 11.7 Å². The van der Waals surface area contributed by atoms with Crippen molar-refractivity contribution in [3.63, 3.8) is 0 Å². The quantitative estimate of drug-likeness (QED) is 0.948. The van der Waals surface area contributed by atoms with Crippen LogP contribution in [-0.2, 0) is 6.54 Å². The van der Waals surface area contributed by atoms with Crippen LogP contribution in [0.3, 0.4) is 0 Å². The molecule has 1 aliphatic rings. The summed E-state index contributed by atoms with van der Waals surface area (Å²) in [5.74, 6) is 0. The van der Waals surface area contributed by atoms with Crippen LogP contribution in [0.25, 0.3) is 0 Å². The highest BCUT2D eigenvalue weighted by Gasteiger charge is 2.21. The Labute approximate surface area is 136 Å². The van der Waals surface area contributed by atoms with Gasteiger partial charge in [0.05, 0.1) is 0 Å². The number of carbonyl (C=O) groups is 1. The summed E-state index contributed by atoms with van der Waals surface area (Å²) in [5, 5.41) is 2.98. The first-order valence-corrected chi connectivity index (χ1v) is 7.94. The average molecular weight is 310 g/mol. The van der Waals surface area contributed by atoms with E-state index in [2.05, 4.69) is 15.2 Å². The smallest absolute Gasteiger partial charge is 0.321 e. The monoisotopic (exact) mass is 310 g/mol. The lowest BCUT2D eigenvalue weighted by Crippen LogP contribution is -2.49. The molecule has 5 nitrogen and oxygen atoms in total. The molecule has 0 saturated carbocycles. The second-order valence-corrected chi connectivity index (χ2v) is 5.92. The number of aromatic nitrogens is 1. The van der Waals surface area contributed by atoms with Crippen LogP contribution < -0.4 is 5.32 Å². The molecule has 0 radical (unpaired) electrons. The van der Waals surface area contributed by atoms with Crippen molar-refractivity contribution in [1.29, 1.82) is 0 Å². The summed E-state index contributed by atoms with van der Waals surface area (Å²) in [6.07, 6.45) is 3.64. The van der Waals surface area contributed by atoms with Crippen LogP contribution in [0.15, 0.2) is 48.8 Å². The third-order valence-corrected chi connectivity index (χ3v) is 4.08. The van der Waals surface area contributed by atoms with E-state index in [9.17, 15) is 4.79 Å². The second kappa shape index (κ2) is 7.24. The number of anilines is 1. The van der Waals surface area contributed by atoms with Crippen LogP contribution in [0.1, 0.15) is 11.1 Å². The molecule has 0 atom stereocenters. The van der Waals surface area contributed by atoms with Gasteiger partial charge in [-0.2, -0.15) is 0 Å². The zero-order valence-corrected chi connectivity index (χ0v) is 13.4. The van der Waals surface area contributed by atoms with Crippen LogP contribution in [0.2, 0.25) is 0 Å². The van der Waals surface area contributed by atoms with E-state index in [1.807, 2.05) is 60.6 Å². The second-order valence-electron chi connectivity index (χ2n) is 5.92. The molecule has 1 N–H and O–H groups in total. The summed E-state index contributed by atoms with van der Waals surface area (Å²) in [6.45, 7) is 6.22. The summed E-state index contributed by atoms with van der Waals surface area (Å²) in [4.78, 5) is 20.6. The van der Waals surface area contributed by atoms with Gasteiger partial charge in [-0.15, -0.1) is 0 Å². The number of benzene rings is 1. The van der Waals surface area contributed by atoms with Crippen molar-refractivity contribution < 1.29 is 4.79 Å². The first-order valence-electron chi connectivity index (χ1n) is 7.94. The molecule has 5 heteroatoms. The van der Waals surface area contributed by atoms with Crippen LogP contribution in [0.5, 0.6) is 0 Å². The van der Waals surface area contributed by atoms with Gasteiger partial charge >= 0.3 is 6.03 Å². The summed E-state index contributed by atoms with van der Waals surface area (Å²) in [6, 6.07) is 11.9. The average Bonchev–Trinajstić information content (AvgIpc) is 2.56. The number of carbonyl (C=O) groups excluding carboxylic acids is 1. The first-order chi connectivity index (χ1) is 11.2. The van der Waals surface area contributed by atoms with Gasteiger partial charge in [0.1, 0.15) is 0 Å². The van der Waals surface area contributed by atoms with Crippen LogP contribution in [-0.4, -0.2) is 47.0 Å². The SMILES string of the molecule is Cc1cccc(NC(=O)N2CCN(Cc3ccncc3)CC2)c1. The van der Waals surface area contributed by atoms with Gasteiger partial charge in [0.2, 0.25) is 0 Å². The fourth-order valence-electron chi connectivity index (χ4n) is 2.78. The summed E-state index contributed by atoms with van der Waals surface area (Å²) in [5.41, 5.74) is 3.26. The lowest BCUT2D eigenvalue weighted by Gasteiger charge is -2.34. The molecule has 3 rings (SSSR count). The van der Waals surface area contributed by atoms with Crippen molar-refractivity contribution in [1.82, 2.24) is 14.8 Å². The first kappa shape index (κ1) is 15.5. The number of urea groups is 1. The summed E-state index contributed by atoms with van der Waals surface area (Å²) >= 11 is 0. The Morgan fingerprint density at radius 1 is 1.13 bits per heavy atom. The van der Waals surface area contributed by atoms with Gasteiger partial charge in [0, 0.05) is 50.8 Å². The number of nitrogens with zero attached hydrogens (tertiary/aromatic N) is 3. The molecule has 0 spiro atoms. The Balaban J connectivity index is 1.49. The number of hydrogen-bond donors (Lipinski definition) is 1. The molecular formula is C18H22N4O. The van der Waals surface area contributed by atoms with Crippen molar-refractivity contribution in [2.45, 2.75) is 13.5 Å². The minimum atomic E-state index is -0.0147. The molecule has 1 aromatic heterocycles. The van der Waals surface area contributed by atoms with Crippen molar-refractivity contribution in [3.05, 3.63) is 59.9 Å². The molecule has 2 aromatic rings. The largest absolute Gasteiger partial charge is 0.322 e. The lowest BCUT2D eigenvalue weighted by atomic mass is 10.2. The van der Waals surface area contributed by atoms with Gasteiger partial charge in [0.15, 0.2) is 0 Å². The lowest BCUT2D eigenvalue weighted by molar-refractivity contribution is 0.143. The number of piperazine rings is 1. The zero-order chi connectivity index (χ0) is 16.1. The van der Waals surface area contributed by atoms with Gasteiger partial charge in [-0.3, -0.25) is 9.88 Å². The predicted octanol–water partition coefficient (Wildman–Crippen LogP) is 2.74. The van der Waals surface area contributed by atoms with E-state index in [0.29, 0.717) is 0 Å². The Morgan fingerprint density at radius 2 is 1.87 bits per heavy atom. The molecule has 23 heavy (non-hydrogen) atoms. The Morgan fingerprint density at radius 3 is 2.57 bits per heavy atom. The maximum absolute atomic E-state index is 12.3. The summed E-state index contributed by atoms with van der Waals surface area (Å²) in [7, 11) is 0. The molecule has 2 amide bonds. The third kappa shape index (κ3) is 4.29. The maximum Gasteiger partial charge on any atom is 0.321 e. The van der Waals surface area contributed by atoms with E-state index in [0.717, 1.165) is 44.0 Å². The number of aryl methyl sites for hydroxylation is 1. The molecule has 1 aromatic carbocycles. The number of amides is 2. The number of nitrogens with one attached hydrogen (secondary N) is 1. The molecule has 0 unspecified atom stereocenters. The molecule has 0 aliphatic carbocycles. The summed E-state index contributed by atoms with van der Waals surface area (Å²) < 4.78 is 0. The van der Waals surface area contributed by atoms with E-state index in [1.165, 1.54) is 5.56 Å². The molecule has 1 fully saturated rings. The van der Waals surface area contributed by atoms with E-state index >= 15 is 0 Å². The van der Waals surface area contributed by atoms with E-state index in [-0.39, 0.29) is 6.03 Å². The fraction of sp³-hybridized carbons (Fsp3) is 0.333. The van der Waals surface area contributed by atoms with Crippen molar-refractivity contribution in [2.75, 3.05) is 31.5 Å². The van der Waals surface area contributed by atoms with E-state index in [4.69, 9.17) is 0 Å². The predicted molar refractivity (Wildman–Crippen MR) is 91.3 cm³/mol. The number of rotatable bonds is 3. The van der Waals surface area contributed by atoms with Crippen molar-refractivity contribution in [2.24, 2.45) is 0 Å². The van der Waals surface area contributed by atoms with Gasteiger partial charge in [0.25, 0.3) is 0 Å². The highest BCUT2D eigenvalue weighted by atomic mass is 16.2. The molecule has 120 valence electrons. The Bertz CT molecular complexity index is 651. The van der Waals surface area contributed by atoms with Crippen molar-refractivity contribution in [3.8, 4) is 0 Å². The van der Waals surface area contributed by atoms with Gasteiger partial charge in [-0.05, 0) is 42.3 Å². The van der Waals surface area contributed by atoms with Gasteiger partial charge in [-0.25, -0.2) is 4.79 Å². The minimum absolute atomic E-state index is 0.0147. The van der Waals surface area contributed by atoms with E-state index in [1.54, 1.807) is 0 Å². The highest BCUT2D eigenvalue weighted by Crippen LogP contribution is 2.12. The molecule has 1 aliphatic heterocycles.